The van der Waals surface area contributed by atoms with E-state index in [1.807, 2.05) is 0 Å². The van der Waals surface area contributed by atoms with Crippen LogP contribution in [-0.2, 0) is 11.3 Å². The van der Waals surface area contributed by atoms with Crippen LogP contribution in [0.4, 0.5) is 0 Å². The number of nitrogens with zero attached hydrogens (tertiary/aromatic N) is 2. The van der Waals surface area contributed by atoms with Crippen molar-refractivity contribution in [2.75, 3.05) is 13.2 Å². The lowest BCUT2D eigenvalue weighted by molar-refractivity contribution is 0.0429. The third-order valence-electron chi connectivity index (χ3n) is 2.88. The maximum absolute atomic E-state index is 12.0. The molecule has 21 heavy (non-hydrogen) atoms. The van der Waals surface area contributed by atoms with Gasteiger partial charge in [-0.1, -0.05) is 5.16 Å². The van der Waals surface area contributed by atoms with Gasteiger partial charge in [0.05, 0.1) is 18.8 Å². The van der Waals surface area contributed by atoms with Gasteiger partial charge >= 0.3 is 5.97 Å². The van der Waals surface area contributed by atoms with Gasteiger partial charge < -0.3 is 18.7 Å². The van der Waals surface area contributed by atoms with Gasteiger partial charge in [0.2, 0.25) is 0 Å². The van der Waals surface area contributed by atoms with Gasteiger partial charge in [0.15, 0.2) is 23.9 Å². The third kappa shape index (κ3) is 3.13. The number of aromatic nitrogens is 2. The molecular formula is C14H14N2O5. The SMILES string of the molecule is Cc1noc(COC(=O)c2ccc3c(c2)OCCCO3)n1. The van der Waals surface area contributed by atoms with Gasteiger partial charge in [-0.25, -0.2) is 4.79 Å². The van der Waals surface area contributed by atoms with E-state index < -0.39 is 5.97 Å². The number of rotatable bonds is 3. The van der Waals surface area contributed by atoms with Gasteiger partial charge in [0.1, 0.15) is 0 Å². The largest absolute Gasteiger partial charge is 0.490 e. The molecule has 0 bridgehead atoms. The fourth-order valence-electron chi connectivity index (χ4n) is 1.90. The van der Waals surface area contributed by atoms with E-state index in [1.165, 1.54) is 0 Å². The summed E-state index contributed by atoms with van der Waals surface area (Å²) < 4.78 is 21.0. The molecule has 1 aliphatic rings. The molecule has 110 valence electrons. The number of hydrogen-bond donors (Lipinski definition) is 0. The van der Waals surface area contributed by atoms with Gasteiger partial charge in [0, 0.05) is 6.42 Å². The van der Waals surface area contributed by atoms with Crippen molar-refractivity contribution in [2.45, 2.75) is 20.0 Å². The standard InChI is InChI=1S/C14H14N2O5/c1-9-15-13(21-16-9)8-20-14(17)10-3-4-11-12(7-10)19-6-2-5-18-11/h3-4,7H,2,5-6,8H2,1H3. The second kappa shape index (κ2) is 5.82. The molecule has 0 saturated carbocycles. The van der Waals surface area contributed by atoms with E-state index in [4.69, 9.17) is 18.7 Å². The molecule has 0 atom stereocenters. The smallest absolute Gasteiger partial charge is 0.338 e. The van der Waals surface area contributed by atoms with Crippen molar-refractivity contribution in [3.63, 3.8) is 0 Å². The van der Waals surface area contributed by atoms with Crippen LogP contribution in [0, 0.1) is 6.92 Å². The number of aryl methyl sites for hydroxylation is 1. The monoisotopic (exact) mass is 290 g/mol. The van der Waals surface area contributed by atoms with E-state index in [0.29, 0.717) is 36.1 Å². The number of esters is 1. The van der Waals surface area contributed by atoms with Crippen LogP contribution in [0.2, 0.25) is 0 Å². The zero-order chi connectivity index (χ0) is 14.7. The molecule has 0 amide bonds. The van der Waals surface area contributed by atoms with E-state index >= 15 is 0 Å². The summed E-state index contributed by atoms with van der Waals surface area (Å²) in [6, 6.07) is 4.95. The van der Waals surface area contributed by atoms with Crippen molar-refractivity contribution in [3.8, 4) is 11.5 Å². The van der Waals surface area contributed by atoms with Gasteiger partial charge in [-0.05, 0) is 25.1 Å². The molecule has 0 N–H and O–H groups in total. The summed E-state index contributed by atoms with van der Waals surface area (Å²) in [4.78, 5) is 15.9. The lowest BCUT2D eigenvalue weighted by Crippen LogP contribution is -2.06. The number of carbonyl (C=O) groups is 1. The highest BCUT2D eigenvalue weighted by Crippen LogP contribution is 2.30. The Bertz CT molecular complexity index is 653. The van der Waals surface area contributed by atoms with Crippen molar-refractivity contribution < 1.29 is 23.5 Å². The summed E-state index contributed by atoms with van der Waals surface area (Å²) in [7, 11) is 0. The van der Waals surface area contributed by atoms with Crippen LogP contribution in [0.5, 0.6) is 11.5 Å². The molecule has 1 aromatic heterocycles. The molecule has 2 aromatic rings. The van der Waals surface area contributed by atoms with Crippen LogP contribution in [-0.4, -0.2) is 29.3 Å². The van der Waals surface area contributed by atoms with E-state index in [-0.39, 0.29) is 12.5 Å². The third-order valence-corrected chi connectivity index (χ3v) is 2.88. The summed E-state index contributed by atoms with van der Waals surface area (Å²) >= 11 is 0. The maximum Gasteiger partial charge on any atom is 0.338 e. The van der Waals surface area contributed by atoms with Crippen LogP contribution < -0.4 is 9.47 Å². The molecule has 0 fully saturated rings. The summed E-state index contributed by atoms with van der Waals surface area (Å²) in [5.41, 5.74) is 0.385. The summed E-state index contributed by atoms with van der Waals surface area (Å²) in [5, 5.41) is 3.62. The van der Waals surface area contributed by atoms with Crippen LogP contribution in [0.3, 0.4) is 0 Å². The fraction of sp³-hybridized carbons (Fsp3) is 0.357. The maximum atomic E-state index is 12.0. The molecule has 0 spiro atoms. The first-order chi connectivity index (χ1) is 10.2. The Labute approximate surface area is 120 Å². The van der Waals surface area contributed by atoms with Gasteiger partial charge in [0.25, 0.3) is 5.89 Å². The van der Waals surface area contributed by atoms with Crippen molar-refractivity contribution in [2.24, 2.45) is 0 Å². The topological polar surface area (TPSA) is 83.7 Å². The fourth-order valence-corrected chi connectivity index (χ4v) is 1.90. The van der Waals surface area contributed by atoms with Crippen LogP contribution in [0.25, 0.3) is 0 Å². The Morgan fingerprint density at radius 3 is 2.86 bits per heavy atom. The van der Waals surface area contributed by atoms with E-state index in [0.717, 1.165) is 6.42 Å². The average molecular weight is 290 g/mol. The van der Waals surface area contributed by atoms with E-state index in [9.17, 15) is 4.79 Å². The molecule has 7 nitrogen and oxygen atoms in total. The molecule has 0 aliphatic carbocycles. The van der Waals surface area contributed by atoms with Gasteiger partial charge in [-0.3, -0.25) is 0 Å². The Morgan fingerprint density at radius 1 is 1.29 bits per heavy atom. The highest BCUT2D eigenvalue weighted by Gasteiger charge is 2.16. The summed E-state index contributed by atoms with van der Waals surface area (Å²) in [6.45, 7) is 2.80. The molecule has 1 aromatic carbocycles. The highest BCUT2D eigenvalue weighted by molar-refractivity contribution is 5.90. The Hall–Kier alpha value is -2.57. The van der Waals surface area contributed by atoms with Gasteiger partial charge in [-0.15, -0.1) is 0 Å². The van der Waals surface area contributed by atoms with Crippen LogP contribution in [0.1, 0.15) is 28.5 Å². The van der Waals surface area contributed by atoms with Crippen molar-refractivity contribution in [3.05, 3.63) is 35.5 Å². The summed E-state index contributed by atoms with van der Waals surface area (Å²) in [6.07, 6.45) is 0.810. The second-order valence-electron chi connectivity index (χ2n) is 4.52. The minimum atomic E-state index is -0.485. The minimum Gasteiger partial charge on any atom is -0.490 e. The zero-order valence-corrected chi connectivity index (χ0v) is 11.5. The van der Waals surface area contributed by atoms with Crippen LogP contribution >= 0.6 is 0 Å². The number of carbonyl (C=O) groups excluding carboxylic acids is 1. The molecule has 1 aliphatic heterocycles. The molecule has 0 saturated heterocycles. The first-order valence-electron chi connectivity index (χ1n) is 6.58. The molecule has 3 rings (SSSR count). The number of ether oxygens (including phenoxy) is 3. The number of hydrogen-bond acceptors (Lipinski definition) is 7. The predicted molar refractivity (Wildman–Crippen MR) is 70.2 cm³/mol. The second-order valence-corrected chi connectivity index (χ2v) is 4.52. The molecule has 7 heteroatoms. The lowest BCUT2D eigenvalue weighted by Gasteiger charge is -2.08. The molecule has 0 unspecified atom stereocenters. The van der Waals surface area contributed by atoms with Crippen LogP contribution in [0.15, 0.2) is 22.7 Å². The van der Waals surface area contributed by atoms with Crippen molar-refractivity contribution in [1.29, 1.82) is 0 Å². The minimum absolute atomic E-state index is 0.0614. The lowest BCUT2D eigenvalue weighted by atomic mass is 10.2. The number of benzene rings is 1. The Kier molecular flexibility index (Phi) is 3.72. The summed E-state index contributed by atoms with van der Waals surface area (Å²) in [5.74, 6) is 1.46. The first-order valence-corrected chi connectivity index (χ1v) is 6.58. The average Bonchev–Trinajstić information content (AvgIpc) is 2.77. The van der Waals surface area contributed by atoms with E-state index in [1.54, 1.807) is 25.1 Å². The molecular weight excluding hydrogens is 276 g/mol. The normalized spacial score (nSPS) is 13.6. The Balaban J connectivity index is 1.68. The highest BCUT2D eigenvalue weighted by atomic mass is 16.6. The number of fused-ring (bicyclic) bond motifs is 1. The Morgan fingerprint density at radius 2 is 2.10 bits per heavy atom. The molecule has 2 heterocycles. The van der Waals surface area contributed by atoms with Crippen molar-refractivity contribution in [1.82, 2.24) is 10.1 Å². The quantitative estimate of drug-likeness (QED) is 0.798. The molecule has 0 radical (unpaired) electrons. The first kappa shape index (κ1) is 13.4. The van der Waals surface area contributed by atoms with Crippen molar-refractivity contribution >= 4 is 5.97 Å². The van der Waals surface area contributed by atoms with E-state index in [2.05, 4.69) is 10.1 Å². The predicted octanol–water partition coefficient (Wildman–Crippen LogP) is 1.90. The zero-order valence-electron chi connectivity index (χ0n) is 11.5. The van der Waals surface area contributed by atoms with Gasteiger partial charge in [-0.2, -0.15) is 4.98 Å².